The van der Waals surface area contributed by atoms with Gasteiger partial charge >= 0.3 is 0 Å². The van der Waals surface area contributed by atoms with Gasteiger partial charge in [0, 0.05) is 24.0 Å². The lowest BCUT2D eigenvalue weighted by molar-refractivity contribution is 0.0330. The number of benzene rings is 2. The molecule has 5 rings (SSSR count). The van der Waals surface area contributed by atoms with E-state index in [0.717, 1.165) is 64.8 Å². The summed E-state index contributed by atoms with van der Waals surface area (Å²) in [6, 6.07) is 16.5. The maximum absolute atomic E-state index is 6.47. The Morgan fingerprint density at radius 1 is 1.00 bits per heavy atom. The Labute approximate surface area is 186 Å². The van der Waals surface area contributed by atoms with E-state index in [0.29, 0.717) is 12.4 Å². The van der Waals surface area contributed by atoms with Crippen molar-refractivity contribution in [2.45, 2.75) is 20.4 Å². The third-order valence-electron chi connectivity index (χ3n) is 5.76. The topological polar surface area (TPSA) is 47.5 Å². The van der Waals surface area contributed by atoms with Crippen LogP contribution < -0.4 is 4.74 Å². The number of morpholine rings is 1. The Morgan fingerprint density at radius 3 is 2.61 bits per heavy atom. The summed E-state index contributed by atoms with van der Waals surface area (Å²) >= 11 is 1.64. The lowest BCUT2D eigenvalue weighted by Crippen LogP contribution is -2.36. The number of fused-ring (bicyclic) bond motifs is 1. The van der Waals surface area contributed by atoms with Crippen LogP contribution in [-0.2, 0) is 11.3 Å². The van der Waals surface area contributed by atoms with Gasteiger partial charge in [-0.15, -0.1) is 11.3 Å². The highest BCUT2D eigenvalue weighted by molar-refractivity contribution is 7.17. The molecule has 0 N–H and O–H groups in total. The molecule has 0 spiro atoms. The fourth-order valence-corrected chi connectivity index (χ4v) is 4.78. The first-order chi connectivity index (χ1) is 15.2. The fourth-order valence-electron chi connectivity index (χ4n) is 3.82. The van der Waals surface area contributed by atoms with Crippen LogP contribution >= 0.6 is 11.3 Å². The van der Waals surface area contributed by atoms with Crippen LogP contribution in [0, 0.1) is 13.8 Å². The molecule has 2 aromatic carbocycles. The van der Waals surface area contributed by atoms with Crippen LogP contribution in [0.1, 0.15) is 17.0 Å². The molecule has 1 aliphatic rings. The molecule has 4 aromatic rings. The molecule has 1 aliphatic heterocycles. The molecule has 0 radical (unpaired) electrons. The Bertz CT molecular complexity index is 1200. The standard InChI is InChI=1S/C25H25N3O2S/c1-17-7-6-10-21(18(17)2)30-24-23-20(19-8-4-3-5-9-19)16-31-25(23)27-22(26-24)15-28-11-13-29-14-12-28/h3-10,16H,11-15H2,1-2H3. The number of hydrogen-bond donors (Lipinski definition) is 0. The molecule has 158 valence electrons. The molecule has 6 heteroatoms. The van der Waals surface area contributed by atoms with Gasteiger partial charge in [-0.2, -0.15) is 4.98 Å². The summed E-state index contributed by atoms with van der Waals surface area (Å²) in [5.41, 5.74) is 4.58. The van der Waals surface area contributed by atoms with Crippen molar-refractivity contribution < 1.29 is 9.47 Å². The summed E-state index contributed by atoms with van der Waals surface area (Å²) in [4.78, 5) is 13.1. The quantitative estimate of drug-likeness (QED) is 0.412. The highest BCUT2D eigenvalue weighted by Gasteiger charge is 2.20. The molecule has 1 fully saturated rings. The second-order valence-electron chi connectivity index (χ2n) is 7.83. The Kier molecular flexibility index (Phi) is 5.68. The van der Waals surface area contributed by atoms with Gasteiger partial charge in [0.05, 0.1) is 25.1 Å². The van der Waals surface area contributed by atoms with Crippen molar-refractivity contribution in [1.29, 1.82) is 0 Å². The molecule has 0 unspecified atom stereocenters. The van der Waals surface area contributed by atoms with Crippen LogP contribution in [0.4, 0.5) is 0 Å². The van der Waals surface area contributed by atoms with E-state index in [4.69, 9.17) is 19.4 Å². The van der Waals surface area contributed by atoms with Crippen LogP contribution in [0.2, 0.25) is 0 Å². The first kappa shape index (κ1) is 20.1. The highest BCUT2D eigenvalue weighted by Crippen LogP contribution is 2.40. The van der Waals surface area contributed by atoms with Gasteiger partial charge in [0.25, 0.3) is 0 Å². The molecular formula is C25H25N3O2S. The number of thiophene rings is 1. The van der Waals surface area contributed by atoms with Crippen molar-refractivity contribution in [2.24, 2.45) is 0 Å². The summed E-state index contributed by atoms with van der Waals surface area (Å²) in [6.45, 7) is 8.19. The second-order valence-corrected chi connectivity index (χ2v) is 8.69. The van der Waals surface area contributed by atoms with Gasteiger partial charge < -0.3 is 9.47 Å². The normalized spacial score (nSPS) is 14.8. The highest BCUT2D eigenvalue weighted by atomic mass is 32.1. The SMILES string of the molecule is Cc1cccc(Oc2nc(CN3CCOCC3)nc3scc(-c4ccccc4)c23)c1C. The van der Waals surface area contributed by atoms with Crippen molar-refractivity contribution in [3.05, 3.63) is 70.9 Å². The number of aryl methyl sites for hydroxylation is 1. The van der Waals surface area contributed by atoms with E-state index in [2.05, 4.69) is 54.5 Å². The minimum atomic E-state index is 0.627. The lowest BCUT2D eigenvalue weighted by atomic mass is 10.1. The van der Waals surface area contributed by atoms with Gasteiger partial charge in [-0.1, -0.05) is 42.5 Å². The fraction of sp³-hybridized carbons (Fsp3) is 0.280. The van der Waals surface area contributed by atoms with Gasteiger partial charge in [0.2, 0.25) is 5.88 Å². The Morgan fingerprint density at radius 2 is 1.81 bits per heavy atom. The average Bonchev–Trinajstić information content (AvgIpc) is 3.22. The van der Waals surface area contributed by atoms with Crippen molar-refractivity contribution in [3.63, 3.8) is 0 Å². The van der Waals surface area contributed by atoms with Gasteiger partial charge in [-0.25, -0.2) is 4.98 Å². The van der Waals surface area contributed by atoms with Gasteiger partial charge in [0.1, 0.15) is 16.4 Å². The monoisotopic (exact) mass is 431 g/mol. The molecule has 0 aliphatic carbocycles. The van der Waals surface area contributed by atoms with E-state index in [1.165, 1.54) is 5.56 Å². The molecule has 0 amide bonds. The third kappa shape index (κ3) is 4.19. The number of ether oxygens (including phenoxy) is 2. The average molecular weight is 432 g/mol. The van der Waals surface area contributed by atoms with Crippen molar-refractivity contribution in [2.75, 3.05) is 26.3 Å². The summed E-state index contributed by atoms with van der Waals surface area (Å²) < 4.78 is 11.9. The van der Waals surface area contributed by atoms with E-state index in [9.17, 15) is 0 Å². The molecule has 0 saturated carbocycles. The Hall–Kier alpha value is -2.80. The number of rotatable bonds is 5. The number of hydrogen-bond acceptors (Lipinski definition) is 6. The molecule has 31 heavy (non-hydrogen) atoms. The zero-order valence-corrected chi connectivity index (χ0v) is 18.6. The van der Waals surface area contributed by atoms with E-state index in [1.54, 1.807) is 11.3 Å². The summed E-state index contributed by atoms with van der Waals surface area (Å²) in [5.74, 6) is 2.25. The van der Waals surface area contributed by atoms with Crippen LogP contribution in [0.3, 0.4) is 0 Å². The van der Waals surface area contributed by atoms with E-state index in [1.807, 2.05) is 18.2 Å². The van der Waals surface area contributed by atoms with Gasteiger partial charge in [-0.3, -0.25) is 4.90 Å². The van der Waals surface area contributed by atoms with Crippen LogP contribution in [0.15, 0.2) is 53.9 Å². The predicted octanol–water partition coefficient (Wildman–Crippen LogP) is 5.60. The smallest absolute Gasteiger partial charge is 0.232 e. The van der Waals surface area contributed by atoms with Crippen molar-refractivity contribution in [1.82, 2.24) is 14.9 Å². The zero-order valence-electron chi connectivity index (χ0n) is 17.8. The number of aromatic nitrogens is 2. The third-order valence-corrected chi connectivity index (χ3v) is 6.63. The van der Waals surface area contributed by atoms with Gasteiger partial charge in [-0.05, 0) is 36.6 Å². The minimum absolute atomic E-state index is 0.627. The summed E-state index contributed by atoms with van der Waals surface area (Å²) in [6.07, 6.45) is 0. The maximum Gasteiger partial charge on any atom is 0.232 e. The minimum Gasteiger partial charge on any atom is -0.438 e. The van der Waals surface area contributed by atoms with Crippen molar-refractivity contribution in [3.8, 4) is 22.8 Å². The largest absolute Gasteiger partial charge is 0.438 e. The lowest BCUT2D eigenvalue weighted by Gasteiger charge is -2.25. The molecule has 0 atom stereocenters. The first-order valence-corrected chi connectivity index (χ1v) is 11.4. The molecule has 3 heterocycles. The van der Waals surface area contributed by atoms with E-state index < -0.39 is 0 Å². The summed E-state index contributed by atoms with van der Waals surface area (Å²) in [7, 11) is 0. The predicted molar refractivity (Wildman–Crippen MR) is 125 cm³/mol. The zero-order chi connectivity index (χ0) is 21.2. The molecule has 2 aromatic heterocycles. The van der Waals surface area contributed by atoms with Crippen molar-refractivity contribution >= 4 is 21.6 Å². The van der Waals surface area contributed by atoms with E-state index >= 15 is 0 Å². The summed E-state index contributed by atoms with van der Waals surface area (Å²) in [5, 5.41) is 3.13. The van der Waals surface area contributed by atoms with Crippen LogP contribution in [0.5, 0.6) is 11.6 Å². The molecule has 5 nitrogen and oxygen atoms in total. The molecule has 1 saturated heterocycles. The van der Waals surface area contributed by atoms with Gasteiger partial charge in [0.15, 0.2) is 0 Å². The maximum atomic E-state index is 6.47. The molecular weight excluding hydrogens is 406 g/mol. The van der Waals surface area contributed by atoms with E-state index in [-0.39, 0.29) is 0 Å². The first-order valence-electron chi connectivity index (χ1n) is 10.6. The second kappa shape index (κ2) is 8.75. The Balaban J connectivity index is 1.61. The van der Waals surface area contributed by atoms with Crippen LogP contribution in [-0.4, -0.2) is 41.2 Å². The number of nitrogens with zero attached hydrogens (tertiary/aromatic N) is 3. The molecule has 0 bridgehead atoms. The van der Waals surface area contributed by atoms with Crippen LogP contribution in [0.25, 0.3) is 21.3 Å².